The van der Waals surface area contributed by atoms with Crippen LogP contribution in [0.2, 0.25) is 0 Å². The van der Waals surface area contributed by atoms with Gasteiger partial charge in [-0.05, 0) is 24.3 Å². The number of halogens is 3. The van der Waals surface area contributed by atoms with Gasteiger partial charge < -0.3 is 4.52 Å². The number of para-hydroxylation sites is 1. The van der Waals surface area contributed by atoms with Crippen molar-refractivity contribution in [3.05, 3.63) is 60.3 Å². The highest BCUT2D eigenvalue weighted by Crippen LogP contribution is 2.46. The van der Waals surface area contributed by atoms with Crippen molar-refractivity contribution in [2.45, 2.75) is 5.62 Å². The zero-order chi connectivity index (χ0) is 22.0. The molecule has 0 saturated heterocycles. The van der Waals surface area contributed by atoms with Crippen LogP contribution in [0.1, 0.15) is 0 Å². The second-order valence-electron chi connectivity index (χ2n) is 6.92. The lowest BCUT2D eigenvalue weighted by Gasteiger charge is -2.32. The number of anilines is 1. The highest BCUT2D eigenvalue weighted by atomic mass is 35.5. The Labute approximate surface area is 183 Å². The van der Waals surface area contributed by atoms with Gasteiger partial charge in [-0.2, -0.15) is 10.2 Å². The molecule has 2 aliphatic rings. The first-order chi connectivity index (χ1) is 15.6. The van der Waals surface area contributed by atoms with E-state index in [-0.39, 0.29) is 23.1 Å². The molecule has 0 bridgehead atoms. The minimum absolute atomic E-state index is 0.0317. The minimum atomic E-state index is -0.836. The minimum Gasteiger partial charge on any atom is -0.333 e. The van der Waals surface area contributed by atoms with Crippen molar-refractivity contribution in [1.82, 2.24) is 29.8 Å². The maximum absolute atomic E-state index is 14.2. The van der Waals surface area contributed by atoms with Crippen molar-refractivity contribution >= 4 is 23.1 Å². The van der Waals surface area contributed by atoms with Crippen LogP contribution in [0.25, 0.3) is 40.3 Å². The lowest BCUT2D eigenvalue weighted by Crippen LogP contribution is -2.36. The average Bonchev–Trinajstić information content (AvgIpc) is 3.50. The molecule has 1 unspecified atom stereocenters. The summed E-state index contributed by atoms with van der Waals surface area (Å²) in [5.74, 6) is -0.465. The summed E-state index contributed by atoms with van der Waals surface area (Å²) in [4.78, 5) is 7.26. The molecule has 0 spiro atoms. The molecule has 0 aliphatic carbocycles. The fraction of sp³-hybridized carbons (Fsp3) is 0.0500. The van der Waals surface area contributed by atoms with Gasteiger partial charge in [0.1, 0.15) is 17.5 Å². The topological polar surface area (TPSA) is 99.9 Å². The summed E-state index contributed by atoms with van der Waals surface area (Å²) in [6.07, 6.45) is 3.59. The van der Waals surface area contributed by atoms with E-state index in [1.807, 2.05) is 30.5 Å². The van der Waals surface area contributed by atoms with E-state index in [1.165, 1.54) is 11.0 Å². The van der Waals surface area contributed by atoms with Crippen LogP contribution in [0.3, 0.4) is 0 Å². The van der Waals surface area contributed by atoms with Crippen LogP contribution in [0.5, 0.6) is 0 Å². The molecule has 156 valence electrons. The first kappa shape index (κ1) is 18.5. The predicted octanol–water partition coefficient (Wildman–Crippen LogP) is 3.84. The van der Waals surface area contributed by atoms with E-state index in [4.69, 9.17) is 16.1 Å². The van der Waals surface area contributed by atoms with Crippen molar-refractivity contribution in [1.29, 1.82) is 5.26 Å². The van der Waals surface area contributed by atoms with Gasteiger partial charge in [-0.25, -0.2) is 13.7 Å². The van der Waals surface area contributed by atoms with Crippen LogP contribution in [0, 0.1) is 23.1 Å². The lowest BCUT2D eigenvalue weighted by molar-refractivity contribution is 0.429. The quantitative estimate of drug-likeness (QED) is 0.258. The molecule has 0 fully saturated rings. The SMILES string of the molecule is N#CN1C=C2N(c3ccccc3-c3nnc(-c4noc(-c5ccc(F)cc5F)n4)n32)C1Cl. The summed E-state index contributed by atoms with van der Waals surface area (Å²) in [6.45, 7) is 0. The van der Waals surface area contributed by atoms with E-state index in [1.54, 1.807) is 15.7 Å². The molecule has 6 rings (SSSR count). The third-order valence-corrected chi connectivity index (χ3v) is 5.55. The van der Waals surface area contributed by atoms with Crippen LogP contribution >= 0.6 is 11.6 Å². The Balaban J connectivity index is 1.53. The number of aromatic nitrogens is 5. The van der Waals surface area contributed by atoms with Gasteiger partial charge in [0, 0.05) is 11.6 Å². The number of nitrogens with zero attached hydrogens (tertiary/aromatic N) is 8. The molecule has 12 heteroatoms. The second kappa shape index (κ2) is 6.60. The van der Waals surface area contributed by atoms with Crippen molar-refractivity contribution in [2.24, 2.45) is 0 Å². The van der Waals surface area contributed by atoms with E-state index in [2.05, 4.69) is 20.3 Å². The monoisotopic (exact) mass is 450 g/mol. The fourth-order valence-electron chi connectivity index (χ4n) is 3.74. The van der Waals surface area contributed by atoms with Crippen molar-refractivity contribution in [2.75, 3.05) is 4.90 Å². The molecular weight excluding hydrogens is 442 g/mol. The van der Waals surface area contributed by atoms with E-state index in [0.717, 1.165) is 23.4 Å². The van der Waals surface area contributed by atoms with Gasteiger partial charge in [0.25, 0.3) is 5.89 Å². The number of hydrogen-bond donors (Lipinski definition) is 0. The number of alkyl halides is 1. The average molecular weight is 451 g/mol. The van der Waals surface area contributed by atoms with Crippen LogP contribution in [-0.4, -0.2) is 35.4 Å². The zero-order valence-electron chi connectivity index (χ0n) is 15.8. The first-order valence-corrected chi connectivity index (χ1v) is 9.68. The number of nitriles is 1. The highest BCUT2D eigenvalue weighted by Gasteiger charge is 2.41. The molecule has 32 heavy (non-hydrogen) atoms. The molecule has 0 saturated carbocycles. The molecule has 0 N–H and O–H groups in total. The summed E-state index contributed by atoms with van der Waals surface area (Å²) in [5, 5.41) is 21.9. The van der Waals surface area contributed by atoms with Crippen LogP contribution < -0.4 is 4.90 Å². The van der Waals surface area contributed by atoms with Gasteiger partial charge in [-0.3, -0.25) is 9.47 Å². The summed E-state index contributed by atoms with van der Waals surface area (Å²) in [5.41, 5.74) is 0.646. The maximum Gasteiger partial charge on any atom is 0.261 e. The van der Waals surface area contributed by atoms with E-state index in [9.17, 15) is 14.0 Å². The number of rotatable bonds is 2. The zero-order valence-corrected chi connectivity index (χ0v) is 16.6. The predicted molar refractivity (Wildman–Crippen MR) is 108 cm³/mol. The summed E-state index contributed by atoms with van der Waals surface area (Å²) in [7, 11) is 0. The first-order valence-electron chi connectivity index (χ1n) is 9.24. The molecule has 4 heterocycles. The van der Waals surface area contributed by atoms with Gasteiger partial charge in [-0.1, -0.05) is 28.9 Å². The number of benzene rings is 2. The Bertz CT molecular complexity index is 1470. The molecule has 2 aromatic heterocycles. The number of fused-ring (bicyclic) bond motifs is 6. The Morgan fingerprint density at radius 1 is 1.06 bits per heavy atom. The molecule has 9 nitrogen and oxygen atoms in total. The molecular formula is C20H9ClF2N8O. The third-order valence-electron chi connectivity index (χ3n) is 5.14. The van der Waals surface area contributed by atoms with Gasteiger partial charge >= 0.3 is 0 Å². The third kappa shape index (κ3) is 2.47. The lowest BCUT2D eigenvalue weighted by atomic mass is 10.1. The molecule has 2 aromatic carbocycles. The number of hydrogen-bond acceptors (Lipinski definition) is 8. The molecule has 1 atom stereocenters. The Kier molecular flexibility index (Phi) is 3.81. The Hall–Kier alpha value is -4.30. The van der Waals surface area contributed by atoms with E-state index >= 15 is 0 Å². The summed E-state index contributed by atoms with van der Waals surface area (Å²) in [6, 6.07) is 10.4. The standard InChI is InChI=1S/C20H9ClF2N8O/c21-20-29(9-24)8-15-30(20)14-4-2-1-3-12(14)17-26-27-18(31(15)17)16-25-19(32-28-16)11-6-5-10(22)7-13(11)23/h1-8,20H. The smallest absolute Gasteiger partial charge is 0.261 e. The van der Waals surface area contributed by atoms with Crippen molar-refractivity contribution in [3.63, 3.8) is 0 Å². The van der Waals surface area contributed by atoms with Gasteiger partial charge in [0.15, 0.2) is 17.6 Å². The van der Waals surface area contributed by atoms with Gasteiger partial charge in [-0.15, -0.1) is 10.2 Å². The molecule has 4 aromatic rings. The van der Waals surface area contributed by atoms with Crippen molar-refractivity contribution in [3.8, 4) is 40.7 Å². The molecule has 0 amide bonds. The fourth-order valence-corrected chi connectivity index (χ4v) is 4.05. The molecule has 0 radical (unpaired) electrons. The maximum atomic E-state index is 14.2. The normalized spacial score (nSPS) is 16.3. The van der Waals surface area contributed by atoms with E-state index < -0.39 is 17.3 Å². The largest absolute Gasteiger partial charge is 0.333 e. The highest BCUT2D eigenvalue weighted by molar-refractivity contribution is 6.23. The molecule has 2 aliphatic heterocycles. The second-order valence-corrected chi connectivity index (χ2v) is 7.31. The van der Waals surface area contributed by atoms with Crippen molar-refractivity contribution < 1.29 is 13.3 Å². The summed E-state index contributed by atoms with van der Waals surface area (Å²) < 4.78 is 34.2. The Morgan fingerprint density at radius 3 is 2.69 bits per heavy atom. The van der Waals surface area contributed by atoms with Crippen LogP contribution in [-0.2, 0) is 0 Å². The van der Waals surface area contributed by atoms with Gasteiger partial charge in [0.05, 0.1) is 17.5 Å². The summed E-state index contributed by atoms with van der Waals surface area (Å²) >= 11 is 6.53. The van der Waals surface area contributed by atoms with E-state index in [0.29, 0.717) is 11.6 Å². The Morgan fingerprint density at radius 2 is 1.88 bits per heavy atom. The van der Waals surface area contributed by atoms with Crippen LogP contribution in [0.15, 0.2) is 53.2 Å². The van der Waals surface area contributed by atoms with Gasteiger partial charge in [0.2, 0.25) is 11.6 Å². The van der Waals surface area contributed by atoms with Crippen LogP contribution in [0.4, 0.5) is 14.5 Å².